The lowest BCUT2D eigenvalue weighted by Gasteiger charge is -1.99. The highest BCUT2D eigenvalue weighted by Crippen LogP contribution is 2.19. The molecule has 12 heavy (non-hydrogen) atoms. The van der Waals surface area contributed by atoms with Crippen molar-refractivity contribution in [3.63, 3.8) is 0 Å². The molecule has 0 radical (unpaired) electrons. The fraction of sp³-hybridized carbons (Fsp3) is 0.286. The molecule has 0 bridgehead atoms. The van der Waals surface area contributed by atoms with Crippen LogP contribution in [0.25, 0.3) is 0 Å². The van der Waals surface area contributed by atoms with Gasteiger partial charge in [0.05, 0.1) is 4.88 Å². The van der Waals surface area contributed by atoms with Crippen molar-refractivity contribution in [3.8, 4) is 0 Å². The summed E-state index contributed by atoms with van der Waals surface area (Å²) < 4.78 is 5.63. The van der Waals surface area contributed by atoms with Crippen molar-refractivity contribution in [1.82, 2.24) is 5.32 Å². The highest BCUT2D eigenvalue weighted by molar-refractivity contribution is 9.10. The number of halogens is 1. The van der Waals surface area contributed by atoms with Gasteiger partial charge in [0.15, 0.2) is 0 Å². The quantitative estimate of drug-likeness (QED) is 0.831. The smallest absolute Gasteiger partial charge is 0.263 e. The van der Waals surface area contributed by atoms with Crippen molar-refractivity contribution < 1.29 is 9.53 Å². The summed E-state index contributed by atoms with van der Waals surface area (Å²) in [5.74, 6) is -0.104. The van der Waals surface area contributed by atoms with Crippen molar-refractivity contribution in [2.24, 2.45) is 0 Å². The topological polar surface area (TPSA) is 38.3 Å². The fourth-order valence-electron chi connectivity index (χ4n) is 0.657. The van der Waals surface area contributed by atoms with Gasteiger partial charge in [-0.1, -0.05) is 0 Å². The highest BCUT2D eigenvalue weighted by atomic mass is 79.9. The summed E-state index contributed by atoms with van der Waals surface area (Å²) in [6.45, 7) is 0.244. The largest absolute Gasteiger partial charge is 0.364 e. The summed E-state index contributed by atoms with van der Waals surface area (Å²) in [4.78, 5) is 11.9. The van der Waals surface area contributed by atoms with Crippen LogP contribution in [0.1, 0.15) is 9.67 Å². The van der Waals surface area contributed by atoms with Crippen LogP contribution in [0.3, 0.4) is 0 Å². The van der Waals surface area contributed by atoms with Crippen molar-refractivity contribution in [2.45, 2.75) is 0 Å². The summed E-state index contributed by atoms with van der Waals surface area (Å²) in [6.07, 6.45) is 0. The Morgan fingerprint density at radius 2 is 2.58 bits per heavy atom. The number of methoxy groups -OCH3 is 1. The van der Waals surface area contributed by atoms with E-state index >= 15 is 0 Å². The Balaban J connectivity index is 2.53. The van der Waals surface area contributed by atoms with Crippen LogP contribution in [0.5, 0.6) is 0 Å². The van der Waals surface area contributed by atoms with Crippen LogP contribution in [0.15, 0.2) is 15.9 Å². The molecule has 0 saturated heterocycles. The summed E-state index contributed by atoms with van der Waals surface area (Å²) in [5.41, 5.74) is 0. The molecule has 0 aliphatic rings. The van der Waals surface area contributed by atoms with Gasteiger partial charge in [0.1, 0.15) is 6.73 Å². The molecular formula is C7H8BrNO2S. The summed E-state index contributed by atoms with van der Waals surface area (Å²) >= 11 is 4.66. The molecule has 0 aromatic carbocycles. The lowest BCUT2D eigenvalue weighted by atomic mass is 10.4. The summed E-state index contributed by atoms with van der Waals surface area (Å²) in [5, 5.41) is 4.45. The first-order valence-electron chi connectivity index (χ1n) is 3.25. The average Bonchev–Trinajstić information content (AvgIpc) is 2.47. The molecule has 1 heterocycles. The Morgan fingerprint density at radius 1 is 1.83 bits per heavy atom. The lowest BCUT2D eigenvalue weighted by molar-refractivity contribution is 0.0876. The maximum absolute atomic E-state index is 11.2. The Kier molecular flexibility index (Phi) is 3.71. The zero-order valence-corrected chi connectivity index (χ0v) is 8.87. The first-order chi connectivity index (χ1) is 5.74. The van der Waals surface area contributed by atoms with Crippen LogP contribution in [-0.4, -0.2) is 19.7 Å². The van der Waals surface area contributed by atoms with E-state index < -0.39 is 0 Å². The van der Waals surface area contributed by atoms with Gasteiger partial charge in [-0.3, -0.25) is 4.79 Å². The molecule has 3 nitrogen and oxygen atoms in total. The van der Waals surface area contributed by atoms with E-state index in [0.29, 0.717) is 4.88 Å². The standard InChI is InChI=1S/C7H8BrNO2S/c1-11-4-9-7(10)6-2-5(8)3-12-6/h2-3H,4H2,1H3,(H,9,10). The Morgan fingerprint density at radius 3 is 3.08 bits per heavy atom. The summed E-state index contributed by atoms with van der Waals surface area (Å²) in [7, 11) is 1.53. The molecule has 1 rings (SSSR count). The van der Waals surface area contributed by atoms with E-state index in [1.807, 2.05) is 5.38 Å². The minimum Gasteiger partial charge on any atom is -0.364 e. The lowest BCUT2D eigenvalue weighted by Crippen LogP contribution is -2.24. The third kappa shape index (κ3) is 2.58. The number of carbonyl (C=O) groups is 1. The van der Waals surface area contributed by atoms with Crippen molar-refractivity contribution >= 4 is 33.2 Å². The van der Waals surface area contributed by atoms with Crippen LogP contribution in [0.4, 0.5) is 0 Å². The zero-order chi connectivity index (χ0) is 8.97. The Labute approximate surface area is 82.9 Å². The van der Waals surface area contributed by atoms with Gasteiger partial charge in [-0.15, -0.1) is 11.3 Å². The highest BCUT2D eigenvalue weighted by Gasteiger charge is 2.06. The molecule has 0 unspecified atom stereocenters. The van der Waals surface area contributed by atoms with Gasteiger partial charge in [0.2, 0.25) is 0 Å². The molecular weight excluding hydrogens is 242 g/mol. The number of ether oxygens (including phenoxy) is 1. The fourth-order valence-corrected chi connectivity index (χ4v) is 2.00. The summed E-state index contributed by atoms with van der Waals surface area (Å²) in [6, 6.07) is 1.77. The van der Waals surface area contributed by atoms with Gasteiger partial charge in [0, 0.05) is 17.0 Å². The predicted molar refractivity (Wildman–Crippen MR) is 51.4 cm³/mol. The van der Waals surface area contributed by atoms with Crippen molar-refractivity contribution in [1.29, 1.82) is 0 Å². The maximum atomic E-state index is 11.2. The molecule has 1 aromatic heterocycles. The van der Waals surface area contributed by atoms with Crippen molar-refractivity contribution in [2.75, 3.05) is 13.8 Å². The van der Waals surface area contributed by atoms with Crippen LogP contribution < -0.4 is 5.32 Å². The van der Waals surface area contributed by atoms with Crippen LogP contribution in [0, 0.1) is 0 Å². The van der Waals surface area contributed by atoms with E-state index in [9.17, 15) is 4.79 Å². The number of rotatable bonds is 3. The monoisotopic (exact) mass is 249 g/mol. The second-order valence-electron chi connectivity index (χ2n) is 2.07. The Bertz CT molecular complexity index is 274. The van der Waals surface area contributed by atoms with Gasteiger partial charge in [-0.2, -0.15) is 0 Å². The zero-order valence-electron chi connectivity index (χ0n) is 6.46. The van der Waals surface area contributed by atoms with Crippen LogP contribution >= 0.6 is 27.3 Å². The minimum atomic E-state index is -0.104. The number of nitrogens with one attached hydrogen (secondary N) is 1. The predicted octanol–water partition coefficient (Wildman–Crippen LogP) is 1.84. The molecule has 66 valence electrons. The second kappa shape index (κ2) is 4.59. The average molecular weight is 250 g/mol. The van der Waals surface area contributed by atoms with Gasteiger partial charge in [0.25, 0.3) is 5.91 Å². The van der Waals surface area contributed by atoms with E-state index in [1.165, 1.54) is 18.4 Å². The minimum absolute atomic E-state index is 0.104. The molecule has 1 amide bonds. The molecule has 0 aliphatic carbocycles. The SMILES string of the molecule is COCNC(=O)c1cc(Br)cs1. The molecule has 0 spiro atoms. The molecule has 0 fully saturated rings. The molecule has 0 atom stereocenters. The number of hydrogen-bond acceptors (Lipinski definition) is 3. The van der Waals surface area contributed by atoms with E-state index in [2.05, 4.69) is 21.2 Å². The van der Waals surface area contributed by atoms with E-state index in [1.54, 1.807) is 6.07 Å². The number of amides is 1. The maximum Gasteiger partial charge on any atom is 0.263 e. The van der Waals surface area contributed by atoms with Crippen molar-refractivity contribution in [3.05, 3.63) is 20.8 Å². The Hall–Kier alpha value is -0.390. The molecule has 5 heteroatoms. The molecule has 1 N–H and O–H groups in total. The first-order valence-corrected chi connectivity index (χ1v) is 4.92. The van der Waals surface area contributed by atoms with Gasteiger partial charge in [-0.25, -0.2) is 0 Å². The molecule has 0 saturated carbocycles. The van der Waals surface area contributed by atoms with Gasteiger partial charge < -0.3 is 10.1 Å². The number of hydrogen-bond donors (Lipinski definition) is 1. The number of carbonyl (C=O) groups excluding carboxylic acids is 1. The molecule has 1 aromatic rings. The first kappa shape index (κ1) is 9.70. The molecule has 0 aliphatic heterocycles. The van der Waals surface area contributed by atoms with E-state index in [-0.39, 0.29) is 12.6 Å². The number of thiophene rings is 1. The van der Waals surface area contributed by atoms with E-state index in [4.69, 9.17) is 4.74 Å². The second-order valence-corrected chi connectivity index (χ2v) is 3.89. The third-order valence-corrected chi connectivity index (χ3v) is 2.86. The van der Waals surface area contributed by atoms with Gasteiger partial charge in [-0.05, 0) is 22.0 Å². The van der Waals surface area contributed by atoms with E-state index in [0.717, 1.165) is 4.47 Å². The third-order valence-electron chi connectivity index (χ3n) is 1.17. The van der Waals surface area contributed by atoms with Crippen LogP contribution in [0.2, 0.25) is 0 Å². The normalized spacial score (nSPS) is 9.83. The van der Waals surface area contributed by atoms with Gasteiger partial charge >= 0.3 is 0 Å². The van der Waals surface area contributed by atoms with Crippen LogP contribution in [-0.2, 0) is 4.74 Å².